The molecule has 29 heteroatoms. The molecule has 11 rings (SSSR count). The van der Waals surface area contributed by atoms with Gasteiger partial charge in [-0.2, -0.15) is 0 Å². The van der Waals surface area contributed by atoms with Crippen LogP contribution in [-0.4, -0.2) is 121 Å². The molecule has 23 nitrogen and oxygen atoms in total. The number of aliphatic carboxylic acids is 1. The van der Waals surface area contributed by atoms with Crippen LogP contribution in [0, 0.1) is 18.8 Å². The molecule has 9 N–H and O–H groups in total. The van der Waals surface area contributed by atoms with Gasteiger partial charge in [0.2, 0.25) is 11.8 Å². The molecule has 10 bridgehead atoms. The molecule has 1 saturated heterocycles. The van der Waals surface area contributed by atoms with Crippen LogP contribution in [-0.2, 0) is 27.3 Å². The zero-order valence-electron chi connectivity index (χ0n) is 43.4. The van der Waals surface area contributed by atoms with Gasteiger partial charge < -0.3 is 47.2 Å². The Balaban J connectivity index is 0.959. The summed E-state index contributed by atoms with van der Waals surface area (Å²) in [5.74, 6) is -5.25. The third-order valence-electron chi connectivity index (χ3n) is 14.3. The average Bonchev–Trinajstić information content (AvgIpc) is 4.53. The zero-order chi connectivity index (χ0) is 57.5. The SMILES string of the molecule is Cc1sc2nc1C(=O)NCc1nc(cs1)C(=O)N[C@@H](Cc1ccc(O)cc1)C(=O)N1C[C@H](O)[C@H](C)[C@H]1c1nc(cs1)-c1nc(cs1)-c1nc(-c3nc(C(=O)N[C@H]4CC[C@H](C(=O)O)CC4)cs3)ccc1-c1nc(cs1)C(=O)N[C@H]2CC(N)=O. The summed E-state index contributed by atoms with van der Waals surface area (Å²) in [5, 5.41) is 53.1. The monoisotopic (exact) mass is 1220 g/mol. The van der Waals surface area contributed by atoms with E-state index in [1.807, 2.05) is 12.3 Å². The maximum atomic E-state index is 14.9. The van der Waals surface area contributed by atoms with Crippen LogP contribution in [0.2, 0.25) is 0 Å². The molecule has 8 aromatic rings. The van der Waals surface area contributed by atoms with Crippen molar-refractivity contribution >= 4 is 109 Å². The van der Waals surface area contributed by atoms with Gasteiger partial charge in [-0.3, -0.25) is 33.6 Å². The van der Waals surface area contributed by atoms with E-state index < -0.39 is 77.5 Å². The first-order valence-corrected chi connectivity index (χ1v) is 30.9. The Morgan fingerprint density at radius 3 is 2.13 bits per heavy atom. The van der Waals surface area contributed by atoms with E-state index in [9.17, 15) is 48.9 Å². The fourth-order valence-electron chi connectivity index (χ4n) is 9.92. The average molecular weight is 1220 g/mol. The molecule has 1 aliphatic carbocycles. The summed E-state index contributed by atoms with van der Waals surface area (Å²) in [6.45, 7) is 3.34. The minimum absolute atomic E-state index is 0.00246. The minimum atomic E-state index is -1.17. The van der Waals surface area contributed by atoms with Crippen LogP contribution in [0.4, 0.5) is 0 Å². The highest BCUT2D eigenvalue weighted by Crippen LogP contribution is 2.43. The van der Waals surface area contributed by atoms with Crippen molar-refractivity contribution in [1.82, 2.24) is 61.1 Å². The molecule has 2 fully saturated rings. The number of amides is 6. The number of primary amides is 1. The Labute approximate surface area is 490 Å². The highest BCUT2D eigenvalue weighted by molar-refractivity contribution is 7.15. The molecule has 0 spiro atoms. The molecule has 6 amide bonds. The number of aryl methyl sites for hydroxylation is 1. The lowest BCUT2D eigenvalue weighted by atomic mass is 9.86. The van der Waals surface area contributed by atoms with Crippen molar-refractivity contribution in [3.05, 3.63) is 112 Å². The first kappa shape index (κ1) is 56.1. The number of nitrogens with zero attached hydrogens (tertiary/aromatic N) is 8. The smallest absolute Gasteiger partial charge is 0.306 e. The number of aliphatic hydroxyl groups is 1. The number of aromatic hydroxyl groups is 1. The van der Waals surface area contributed by atoms with Crippen molar-refractivity contribution in [2.45, 2.75) is 89.2 Å². The van der Waals surface area contributed by atoms with Gasteiger partial charge in [-0.1, -0.05) is 19.1 Å². The largest absolute Gasteiger partial charge is 0.508 e. The highest BCUT2D eigenvalue weighted by atomic mass is 32.1. The first-order chi connectivity index (χ1) is 39.4. The second-order valence-corrected chi connectivity index (χ2v) is 25.5. The Morgan fingerprint density at radius 2 is 1.38 bits per heavy atom. The van der Waals surface area contributed by atoms with Crippen LogP contribution in [0.15, 0.2) is 63.3 Å². The maximum absolute atomic E-state index is 14.9. The number of nitrogens with two attached hydrogens (primary N) is 1. The number of fused-ring (bicyclic) bond motifs is 16. The summed E-state index contributed by atoms with van der Waals surface area (Å²) in [5.41, 5.74) is 8.66. The lowest BCUT2D eigenvalue weighted by Crippen LogP contribution is -2.50. The van der Waals surface area contributed by atoms with Crippen molar-refractivity contribution in [3.8, 4) is 49.1 Å². The topological polar surface area (TPSA) is 348 Å². The molecule has 0 unspecified atom stereocenters. The van der Waals surface area contributed by atoms with Crippen LogP contribution in [0.25, 0.3) is 43.4 Å². The van der Waals surface area contributed by atoms with Crippen molar-refractivity contribution in [2.24, 2.45) is 17.6 Å². The summed E-state index contributed by atoms with van der Waals surface area (Å²) in [6.07, 6.45) is 0.720. The number of aliphatic hydroxyl groups excluding tert-OH is 1. The molecule has 2 aliphatic heterocycles. The van der Waals surface area contributed by atoms with E-state index in [2.05, 4.69) is 36.2 Å². The van der Waals surface area contributed by atoms with Crippen LogP contribution >= 0.6 is 68.0 Å². The van der Waals surface area contributed by atoms with Gasteiger partial charge in [-0.15, -0.1) is 68.0 Å². The van der Waals surface area contributed by atoms with Crippen LogP contribution < -0.4 is 27.0 Å². The summed E-state index contributed by atoms with van der Waals surface area (Å²) < 4.78 is 0. The number of hydrogen-bond donors (Lipinski definition) is 8. The van der Waals surface area contributed by atoms with E-state index >= 15 is 0 Å². The number of rotatable bonds is 8. The second kappa shape index (κ2) is 23.6. The number of carbonyl (C=O) groups is 7. The highest BCUT2D eigenvalue weighted by Gasteiger charge is 2.45. The lowest BCUT2D eigenvalue weighted by Gasteiger charge is -2.29. The maximum Gasteiger partial charge on any atom is 0.306 e. The van der Waals surface area contributed by atoms with E-state index in [-0.39, 0.29) is 65.5 Å². The summed E-state index contributed by atoms with van der Waals surface area (Å²) in [6, 6.07) is 6.63. The van der Waals surface area contributed by atoms with Gasteiger partial charge in [0, 0.05) is 62.3 Å². The number of phenolic OH excluding ortho intramolecular Hbond substituents is 1. The van der Waals surface area contributed by atoms with Gasteiger partial charge in [0.1, 0.15) is 81.7 Å². The molecule has 1 aromatic carbocycles. The normalized spacial score (nSPS) is 21.5. The van der Waals surface area contributed by atoms with E-state index in [0.717, 1.165) is 34.0 Å². The lowest BCUT2D eigenvalue weighted by molar-refractivity contribution is -0.143. The van der Waals surface area contributed by atoms with E-state index in [1.165, 1.54) is 56.4 Å². The van der Waals surface area contributed by atoms with E-state index in [1.54, 1.807) is 47.3 Å². The number of benzene rings is 1. The van der Waals surface area contributed by atoms with E-state index in [0.29, 0.717) is 89.5 Å². The summed E-state index contributed by atoms with van der Waals surface area (Å²) >= 11 is 7.14. The molecular formula is C53H49N13O10S6. The number of thiazole rings is 6. The third-order valence-corrected chi connectivity index (χ3v) is 19.7. The molecule has 9 heterocycles. The Kier molecular flexibility index (Phi) is 16.1. The van der Waals surface area contributed by atoms with Gasteiger partial charge in [0.25, 0.3) is 23.6 Å². The Bertz CT molecular complexity index is 3790. The number of carboxylic acid groups (broad SMARTS) is 1. The van der Waals surface area contributed by atoms with Gasteiger partial charge in [-0.25, -0.2) is 34.9 Å². The molecule has 7 aromatic heterocycles. The second-order valence-electron chi connectivity index (χ2n) is 19.9. The molecule has 3 aliphatic rings. The molecule has 82 heavy (non-hydrogen) atoms. The quantitative estimate of drug-likeness (QED) is 0.0817. The van der Waals surface area contributed by atoms with E-state index in [4.69, 9.17) is 25.7 Å². The number of nitrogens with one attached hydrogen (secondary N) is 4. The number of phenols is 1. The van der Waals surface area contributed by atoms with Crippen LogP contribution in [0.5, 0.6) is 5.75 Å². The Morgan fingerprint density at radius 1 is 0.707 bits per heavy atom. The fourth-order valence-corrected chi connectivity index (χ4v) is 15.1. The van der Waals surface area contributed by atoms with Gasteiger partial charge in [-0.05, 0) is 62.4 Å². The summed E-state index contributed by atoms with van der Waals surface area (Å²) in [4.78, 5) is 130. The summed E-state index contributed by atoms with van der Waals surface area (Å²) in [7, 11) is 0. The Hall–Kier alpha value is -7.80. The minimum Gasteiger partial charge on any atom is -0.508 e. The number of pyridine rings is 1. The standard InChI is InChI=1S/C53H49N13O10S6/c1-22-37(68)16-66-42(22)51-64-36(21-81-51)49-61-32(17-79-49)41-28(11-12-29(58-41)48-63-34(20-80-48)43(70)56-26-7-5-25(6-8-26)53(75)76)47-62-35(19-78-47)45(72)59-30(14-38(54)69)50-65-40(23(2)82-50)46(73)55-15-39-57-33(18-77-39)44(71)60-31(52(66)74)13-24-3-9-27(67)10-4-24/h3-4,9-12,17-22,25-26,30-31,37,42,67-68H,5-8,13-16H2,1-2H3,(H2,54,69)(H,55,73)(H,56,70)(H,59,72)(H,60,71)(H,75,76)/t22-,25-,26-,30-,31-,37-,42-/m0/s1. The molecule has 1 saturated carbocycles. The van der Waals surface area contributed by atoms with Gasteiger partial charge in [0.05, 0.1) is 42.8 Å². The number of carbonyl (C=O) groups excluding carboxylic acids is 6. The van der Waals surface area contributed by atoms with Gasteiger partial charge in [0.15, 0.2) is 0 Å². The molecule has 422 valence electrons. The zero-order valence-corrected chi connectivity index (χ0v) is 48.3. The first-order valence-electron chi connectivity index (χ1n) is 25.7. The number of hydrogen-bond acceptors (Lipinski definition) is 22. The van der Waals surface area contributed by atoms with Crippen molar-refractivity contribution < 1.29 is 48.9 Å². The predicted molar refractivity (Wildman–Crippen MR) is 306 cm³/mol. The van der Waals surface area contributed by atoms with Crippen molar-refractivity contribution in [3.63, 3.8) is 0 Å². The molecule has 5 atom stereocenters. The fraction of sp³-hybridized carbons (Fsp3) is 0.321. The van der Waals surface area contributed by atoms with Gasteiger partial charge >= 0.3 is 5.97 Å². The van der Waals surface area contributed by atoms with Crippen LogP contribution in [0.3, 0.4) is 0 Å². The van der Waals surface area contributed by atoms with Crippen molar-refractivity contribution in [1.29, 1.82) is 0 Å². The molecule has 0 radical (unpaired) electrons. The molecular weight excluding hydrogens is 1170 g/mol. The number of carboxylic acids is 1. The van der Waals surface area contributed by atoms with Crippen LogP contribution in [0.1, 0.15) is 119 Å². The predicted octanol–water partition coefficient (Wildman–Crippen LogP) is 6.39. The third kappa shape index (κ3) is 11.9. The van der Waals surface area contributed by atoms with Crippen molar-refractivity contribution in [2.75, 3.05) is 6.54 Å². The number of aromatic nitrogens is 7.